The fraction of sp³-hybridized carbons (Fsp3) is 0.333. The molecule has 0 atom stereocenters. The predicted molar refractivity (Wildman–Crippen MR) is 130 cm³/mol. The summed E-state index contributed by atoms with van der Waals surface area (Å²) in [6.07, 6.45) is 6.65. The highest BCUT2D eigenvalue weighted by Crippen LogP contribution is 2.25. The molecule has 0 N–H and O–H groups in total. The fourth-order valence-corrected chi connectivity index (χ4v) is 5.01. The third-order valence-corrected chi connectivity index (χ3v) is 7.04. The molecule has 0 radical (unpaired) electrons. The quantitative estimate of drug-likeness (QED) is 0.317. The Bertz CT molecular complexity index is 1160. The van der Waals surface area contributed by atoms with Crippen LogP contribution < -0.4 is 4.90 Å². The summed E-state index contributed by atoms with van der Waals surface area (Å²) < 4.78 is 2.05. The number of rotatable bonds is 7. The van der Waals surface area contributed by atoms with Gasteiger partial charge in [-0.15, -0.1) is 10.2 Å². The Labute approximate surface area is 192 Å². The van der Waals surface area contributed by atoms with Crippen LogP contribution >= 0.6 is 11.8 Å². The van der Waals surface area contributed by atoms with Crippen LogP contribution in [0.2, 0.25) is 0 Å². The van der Waals surface area contributed by atoms with Gasteiger partial charge in [0.1, 0.15) is 5.82 Å². The van der Waals surface area contributed by atoms with Crippen molar-refractivity contribution < 1.29 is 0 Å². The van der Waals surface area contributed by atoms with E-state index >= 15 is 0 Å². The molecule has 0 unspecified atom stereocenters. The molecule has 3 aromatic heterocycles. The van der Waals surface area contributed by atoms with Crippen LogP contribution in [-0.4, -0.2) is 68.1 Å². The van der Waals surface area contributed by atoms with Crippen LogP contribution in [0.5, 0.6) is 0 Å². The van der Waals surface area contributed by atoms with Crippen molar-refractivity contribution in [3.8, 4) is 11.4 Å². The van der Waals surface area contributed by atoms with Gasteiger partial charge in [0.2, 0.25) is 0 Å². The van der Waals surface area contributed by atoms with Gasteiger partial charge in [0, 0.05) is 68.5 Å². The van der Waals surface area contributed by atoms with E-state index in [4.69, 9.17) is 0 Å². The second-order valence-electron chi connectivity index (χ2n) is 7.99. The number of piperazine rings is 1. The SMILES string of the molecule is Cn1c(SCCCN2CCN(c3nccc4ccccc34)CC2)nnc1-c1cccnc1. The fourth-order valence-electron chi connectivity index (χ4n) is 4.18. The normalized spacial score (nSPS) is 14.8. The predicted octanol–water partition coefficient (Wildman–Crippen LogP) is 3.73. The Hall–Kier alpha value is -2.97. The lowest BCUT2D eigenvalue weighted by atomic mass is 10.1. The monoisotopic (exact) mass is 445 g/mol. The lowest BCUT2D eigenvalue weighted by Gasteiger charge is -2.35. The first kappa shape index (κ1) is 20.9. The first-order valence-electron chi connectivity index (χ1n) is 11.0. The molecule has 0 spiro atoms. The largest absolute Gasteiger partial charge is 0.354 e. The van der Waals surface area contributed by atoms with E-state index in [1.54, 1.807) is 18.0 Å². The van der Waals surface area contributed by atoms with Gasteiger partial charge < -0.3 is 9.47 Å². The van der Waals surface area contributed by atoms with Crippen molar-refractivity contribution in [3.05, 3.63) is 61.1 Å². The van der Waals surface area contributed by atoms with Gasteiger partial charge in [-0.3, -0.25) is 9.88 Å². The highest BCUT2D eigenvalue weighted by Gasteiger charge is 2.19. The standard InChI is InChI=1S/C24H27N7S/c1-29-22(20-7-4-10-25-18-20)27-28-24(29)32-17-5-12-30-13-15-31(16-14-30)23-21-8-3-2-6-19(21)9-11-26-23/h2-4,6-11,18H,5,12-17H2,1H3. The van der Waals surface area contributed by atoms with E-state index < -0.39 is 0 Å². The van der Waals surface area contributed by atoms with E-state index in [0.717, 1.165) is 67.3 Å². The van der Waals surface area contributed by atoms with Crippen molar-refractivity contribution in [2.24, 2.45) is 7.05 Å². The molecule has 1 saturated heterocycles. The van der Waals surface area contributed by atoms with Crippen molar-refractivity contribution in [2.45, 2.75) is 11.6 Å². The highest BCUT2D eigenvalue weighted by atomic mass is 32.2. The van der Waals surface area contributed by atoms with E-state index in [-0.39, 0.29) is 0 Å². The first-order chi connectivity index (χ1) is 15.8. The van der Waals surface area contributed by atoms with E-state index in [1.807, 2.05) is 31.6 Å². The van der Waals surface area contributed by atoms with Crippen molar-refractivity contribution in [2.75, 3.05) is 43.4 Å². The highest BCUT2D eigenvalue weighted by molar-refractivity contribution is 7.99. The summed E-state index contributed by atoms with van der Waals surface area (Å²) in [5, 5.41) is 12.2. The second-order valence-corrected chi connectivity index (χ2v) is 9.06. The van der Waals surface area contributed by atoms with Crippen molar-refractivity contribution in [1.82, 2.24) is 29.6 Å². The first-order valence-corrected chi connectivity index (χ1v) is 12.0. The van der Waals surface area contributed by atoms with Gasteiger partial charge in [0.15, 0.2) is 11.0 Å². The number of aromatic nitrogens is 5. The van der Waals surface area contributed by atoms with Gasteiger partial charge in [-0.25, -0.2) is 4.98 Å². The Morgan fingerprint density at radius 1 is 0.938 bits per heavy atom. The average Bonchev–Trinajstić information content (AvgIpc) is 3.22. The molecule has 8 heteroatoms. The molecule has 4 aromatic rings. The molecule has 1 aromatic carbocycles. The number of fused-ring (bicyclic) bond motifs is 1. The van der Waals surface area contributed by atoms with Gasteiger partial charge in [-0.1, -0.05) is 36.0 Å². The zero-order valence-electron chi connectivity index (χ0n) is 18.3. The van der Waals surface area contributed by atoms with Crippen LogP contribution in [-0.2, 0) is 7.05 Å². The molecule has 32 heavy (non-hydrogen) atoms. The summed E-state index contributed by atoms with van der Waals surface area (Å²) >= 11 is 1.77. The maximum atomic E-state index is 4.68. The van der Waals surface area contributed by atoms with E-state index in [0.29, 0.717) is 0 Å². The third-order valence-electron chi connectivity index (χ3n) is 5.93. The molecular formula is C24H27N7S. The number of hydrogen-bond acceptors (Lipinski definition) is 7. The molecule has 1 aliphatic rings. The van der Waals surface area contributed by atoms with Gasteiger partial charge >= 0.3 is 0 Å². The minimum absolute atomic E-state index is 0.860. The average molecular weight is 446 g/mol. The number of anilines is 1. The van der Waals surface area contributed by atoms with Crippen LogP contribution in [0, 0.1) is 0 Å². The summed E-state index contributed by atoms with van der Waals surface area (Å²) in [5.74, 6) is 3.01. The van der Waals surface area contributed by atoms with Gasteiger partial charge in [-0.05, 0) is 36.6 Å². The lowest BCUT2D eigenvalue weighted by molar-refractivity contribution is 0.259. The Morgan fingerprint density at radius 2 is 1.81 bits per heavy atom. The lowest BCUT2D eigenvalue weighted by Crippen LogP contribution is -2.47. The van der Waals surface area contributed by atoms with Crippen molar-refractivity contribution in [3.63, 3.8) is 0 Å². The Balaban J connectivity index is 1.10. The molecule has 164 valence electrons. The number of thioether (sulfide) groups is 1. The van der Waals surface area contributed by atoms with Gasteiger partial charge in [0.05, 0.1) is 0 Å². The van der Waals surface area contributed by atoms with Crippen molar-refractivity contribution >= 4 is 28.4 Å². The van der Waals surface area contributed by atoms with E-state index in [2.05, 4.69) is 64.9 Å². The zero-order chi connectivity index (χ0) is 21.8. The summed E-state index contributed by atoms with van der Waals surface area (Å²) in [5.41, 5.74) is 0.993. The maximum Gasteiger partial charge on any atom is 0.191 e. The van der Waals surface area contributed by atoms with Crippen molar-refractivity contribution in [1.29, 1.82) is 0 Å². The summed E-state index contributed by atoms with van der Waals surface area (Å²) in [6.45, 7) is 5.30. The molecule has 0 aliphatic carbocycles. The number of pyridine rings is 2. The number of benzene rings is 1. The number of hydrogen-bond donors (Lipinski definition) is 0. The van der Waals surface area contributed by atoms with Gasteiger partial charge in [-0.2, -0.15) is 0 Å². The molecule has 0 amide bonds. The maximum absolute atomic E-state index is 4.68. The Morgan fingerprint density at radius 3 is 2.66 bits per heavy atom. The van der Waals surface area contributed by atoms with Crippen LogP contribution in [0.1, 0.15) is 6.42 Å². The minimum Gasteiger partial charge on any atom is -0.354 e. The van der Waals surface area contributed by atoms with Crippen LogP contribution in [0.3, 0.4) is 0 Å². The van der Waals surface area contributed by atoms with E-state index in [1.165, 1.54) is 10.8 Å². The molecule has 4 heterocycles. The molecular weight excluding hydrogens is 418 g/mol. The Kier molecular flexibility index (Phi) is 6.31. The molecule has 0 bridgehead atoms. The number of nitrogens with zero attached hydrogens (tertiary/aromatic N) is 7. The van der Waals surface area contributed by atoms with E-state index in [9.17, 15) is 0 Å². The molecule has 1 fully saturated rings. The minimum atomic E-state index is 0.860. The van der Waals surface area contributed by atoms with Crippen LogP contribution in [0.4, 0.5) is 5.82 Å². The summed E-state index contributed by atoms with van der Waals surface area (Å²) in [4.78, 5) is 13.8. The van der Waals surface area contributed by atoms with Crippen LogP contribution in [0.15, 0.2) is 66.2 Å². The second kappa shape index (κ2) is 9.67. The molecule has 1 aliphatic heterocycles. The van der Waals surface area contributed by atoms with Crippen LogP contribution in [0.25, 0.3) is 22.2 Å². The smallest absolute Gasteiger partial charge is 0.191 e. The third kappa shape index (κ3) is 4.47. The molecule has 5 rings (SSSR count). The summed E-state index contributed by atoms with van der Waals surface area (Å²) in [6, 6.07) is 14.5. The summed E-state index contributed by atoms with van der Waals surface area (Å²) in [7, 11) is 2.02. The zero-order valence-corrected chi connectivity index (χ0v) is 19.1. The van der Waals surface area contributed by atoms with Gasteiger partial charge in [0.25, 0.3) is 0 Å². The molecule has 0 saturated carbocycles. The molecule has 7 nitrogen and oxygen atoms in total. The topological polar surface area (TPSA) is 63.0 Å².